The summed E-state index contributed by atoms with van der Waals surface area (Å²) in [6, 6.07) is 10.5. The average Bonchev–Trinajstić information content (AvgIpc) is 3.30. The van der Waals surface area contributed by atoms with Crippen LogP contribution in [0.4, 0.5) is 11.6 Å². The normalized spacial score (nSPS) is 12.9. The van der Waals surface area contributed by atoms with E-state index < -0.39 is 4.92 Å². The van der Waals surface area contributed by atoms with E-state index in [4.69, 9.17) is 9.47 Å². The monoisotopic (exact) mass is 377 g/mol. The first-order valence-corrected chi connectivity index (χ1v) is 8.17. The number of rotatable bonds is 4. The fraction of sp³-hybridized carbons (Fsp3) is 0.0588. The molecule has 0 radical (unpaired) electrons. The van der Waals surface area contributed by atoms with Gasteiger partial charge >= 0.3 is 0 Å². The number of nitrogens with zero attached hydrogens (tertiary/aromatic N) is 5. The lowest BCUT2D eigenvalue weighted by molar-refractivity contribution is -0.385. The molecular formula is C17H11N7O4. The molecule has 1 aliphatic heterocycles. The Bertz CT molecular complexity index is 1270. The van der Waals surface area contributed by atoms with Crippen LogP contribution in [0.25, 0.3) is 22.1 Å². The van der Waals surface area contributed by atoms with Crippen molar-refractivity contribution in [2.24, 2.45) is 5.10 Å². The SMILES string of the molecule is O=[N+]([O-])c1cc2c(cc1/C=N\Nc1nnc3c(n1)[nH]c1ccccc13)OCO2. The molecule has 0 bridgehead atoms. The summed E-state index contributed by atoms with van der Waals surface area (Å²) >= 11 is 0. The van der Waals surface area contributed by atoms with E-state index in [0.29, 0.717) is 22.7 Å². The number of hydrogen-bond donors (Lipinski definition) is 2. The molecule has 3 heterocycles. The Morgan fingerprint density at radius 1 is 1.21 bits per heavy atom. The summed E-state index contributed by atoms with van der Waals surface area (Å²) in [7, 11) is 0. The zero-order valence-corrected chi connectivity index (χ0v) is 14.1. The molecule has 0 amide bonds. The van der Waals surface area contributed by atoms with Crippen molar-refractivity contribution in [2.45, 2.75) is 0 Å². The van der Waals surface area contributed by atoms with Crippen LogP contribution in [-0.4, -0.2) is 38.1 Å². The first-order chi connectivity index (χ1) is 13.7. The van der Waals surface area contributed by atoms with Crippen LogP contribution in [0.15, 0.2) is 41.5 Å². The van der Waals surface area contributed by atoms with Gasteiger partial charge in [0.05, 0.1) is 22.8 Å². The molecule has 11 nitrogen and oxygen atoms in total. The molecule has 2 aromatic heterocycles. The van der Waals surface area contributed by atoms with Crippen LogP contribution in [0.2, 0.25) is 0 Å². The highest BCUT2D eigenvalue weighted by Crippen LogP contribution is 2.37. The van der Waals surface area contributed by atoms with Crippen LogP contribution in [0.5, 0.6) is 11.5 Å². The molecule has 0 unspecified atom stereocenters. The van der Waals surface area contributed by atoms with Crippen molar-refractivity contribution < 1.29 is 14.4 Å². The summed E-state index contributed by atoms with van der Waals surface area (Å²) in [5.41, 5.74) is 4.84. The number of nitrogens with one attached hydrogen (secondary N) is 2. The van der Waals surface area contributed by atoms with Gasteiger partial charge in [0.15, 0.2) is 17.1 Å². The van der Waals surface area contributed by atoms with E-state index in [1.165, 1.54) is 18.3 Å². The summed E-state index contributed by atoms with van der Waals surface area (Å²) in [6.07, 6.45) is 1.29. The Balaban J connectivity index is 1.44. The molecule has 2 N–H and O–H groups in total. The van der Waals surface area contributed by atoms with Crippen LogP contribution in [0, 0.1) is 10.1 Å². The lowest BCUT2D eigenvalue weighted by Crippen LogP contribution is -2.00. The van der Waals surface area contributed by atoms with Gasteiger partial charge in [-0.05, 0) is 12.1 Å². The van der Waals surface area contributed by atoms with Gasteiger partial charge in [0, 0.05) is 10.9 Å². The lowest BCUT2D eigenvalue weighted by Gasteiger charge is -2.01. The minimum atomic E-state index is -0.516. The molecule has 1 aliphatic rings. The van der Waals surface area contributed by atoms with Crippen LogP contribution < -0.4 is 14.9 Å². The molecule has 0 spiro atoms. The molecular weight excluding hydrogens is 366 g/mol. The summed E-state index contributed by atoms with van der Waals surface area (Å²) in [5.74, 6) is 0.900. The number of nitro benzene ring substituents is 1. The zero-order chi connectivity index (χ0) is 19.1. The van der Waals surface area contributed by atoms with E-state index in [-0.39, 0.29) is 24.0 Å². The largest absolute Gasteiger partial charge is 0.454 e. The van der Waals surface area contributed by atoms with Gasteiger partial charge in [0.2, 0.25) is 6.79 Å². The van der Waals surface area contributed by atoms with Crippen LogP contribution in [0.1, 0.15) is 5.56 Å². The van der Waals surface area contributed by atoms with Gasteiger partial charge in [0.25, 0.3) is 11.6 Å². The van der Waals surface area contributed by atoms with Crippen molar-refractivity contribution in [1.82, 2.24) is 20.2 Å². The number of hydrazone groups is 1. The third-order valence-electron chi connectivity index (χ3n) is 4.21. The first kappa shape index (κ1) is 15.9. The highest BCUT2D eigenvalue weighted by Gasteiger charge is 2.22. The van der Waals surface area contributed by atoms with Crippen molar-refractivity contribution in [1.29, 1.82) is 0 Å². The molecule has 2 aromatic carbocycles. The van der Waals surface area contributed by atoms with Gasteiger partial charge in [-0.2, -0.15) is 10.1 Å². The highest BCUT2D eigenvalue weighted by molar-refractivity contribution is 6.03. The Kier molecular flexibility index (Phi) is 3.50. The topological polar surface area (TPSA) is 140 Å². The molecule has 0 atom stereocenters. The molecule has 4 aromatic rings. The second-order valence-corrected chi connectivity index (χ2v) is 5.89. The van der Waals surface area contributed by atoms with Gasteiger partial charge in [-0.25, -0.2) is 5.43 Å². The van der Waals surface area contributed by atoms with Crippen LogP contribution in [-0.2, 0) is 0 Å². The molecule has 138 valence electrons. The average molecular weight is 377 g/mol. The van der Waals surface area contributed by atoms with Gasteiger partial charge in [-0.3, -0.25) is 10.1 Å². The molecule has 0 fully saturated rings. The van der Waals surface area contributed by atoms with E-state index in [9.17, 15) is 10.1 Å². The van der Waals surface area contributed by atoms with Gasteiger partial charge in [-0.1, -0.05) is 18.2 Å². The van der Waals surface area contributed by atoms with Gasteiger partial charge < -0.3 is 14.5 Å². The smallest absolute Gasteiger partial charge is 0.282 e. The van der Waals surface area contributed by atoms with E-state index in [1.807, 2.05) is 24.3 Å². The molecule has 0 saturated carbocycles. The minimum absolute atomic E-state index is 0.0232. The van der Waals surface area contributed by atoms with Crippen molar-refractivity contribution in [3.8, 4) is 11.5 Å². The summed E-state index contributed by atoms with van der Waals surface area (Å²) in [5, 5.41) is 24.3. The minimum Gasteiger partial charge on any atom is -0.454 e. The predicted octanol–water partition coefficient (Wildman–Crippen LogP) is 2.59. The standard InChI is InChI=1S/C17H11N7O4/c25-24(26)12-6-14-13(27-8-28-14)5-9(12)7-18-22-17-20-16-15(21-23-17)10-3-1-2-4-11(10)19-16/h1-7H,8H2,(H2,19,20,22,23)/b18-7-. The van der Waals surface area contributed by atoms with Gasteiger partial charge in [-0.15, -0.1) is 10.2 Å². The Labute approximate surface area is 156 Å². The summed E-state index contributed by atoms with van der Waals surface area (Å²) in [6.45, 7) is 0.0232. The Morgan fingerprint density at radius 2 is 2.04 bits per heavy atom. The van der Waals surface area contributed by atoms with Crippen molar-refractivity contribution in [3.05, 3.63) is 52.1 Å². The molecule has 11 heteroatoms. The second kappa shape index (κ2) is 6.16. The Morgan fingerprint density at radius 3 is 2.89 bits per heavy atom. The number of H-pyrrole nitrogens is 1. The zero-order valence-electron chi connectivity index (χ0n) is 14.1. The maximum Gasteiger partial charge on any atom is 0.282 e. The molecule has 0 saturated heterocycles. The highest BCUT2D eigenvalue weighted by atomic mass is 16.7. The number of anilines is 1. The summed E-state index contributed by atoms with van der Waals surface area (Å²) in [4.78, 5) is 18.2. The van der Waals surface area contributed by atoms with E-state index in [0.717, 1.165) is 10.9 Å². The lowest BCUT2D eigenvalue weighted by atomic mass is 10.1. The van der Waals surface area contributed by atoms with Crippen molar-refractivity contribution in [3.63, 3.8) is 0 Å². The number of aromatic amines is 1. The van der Waals surface area contributed by atoms with Crippen LogP contribution in [0.3, 0.4) is 0 Å². The van der Waals surface area contributed by atoms with E-state index in [1.54, 1.807) is 0 Å². The van der Waals surface area contributed by atoms with Crippen LogP contribution >= 0.6 is 0 Å². The number of para-hydroxylation sites is 1. The van der Waals surface area contributed by atoms with E-state index in [2.05, 4.69) is 30.7 Å². The molecule has 5 rings (SSSR count). The van der Waals surface area contributed by atoms with E-state index >= 15 is 0 Å². The second-order valence-electron chi connectivity index (χ2n) is 5.89. The number of nitro groups is 1. The third-order valence-corrected chi connectivity index (χ3v) is 4.21. The number of hydrogen-bond acceptors (Lipinski definition) is 9. The first-order valence-electron chi connectivity index (χ1n) is 8.17. The number of benzene rings is 2. The summed E-state index contributed by atoms with van der Waals surface area (Å²) < 4.78 is 10.4. The third kappa shape index (κ3) is 2.61. The molecule has 28 heavy (non-hydrogen) atoms. The molecule has 0 aliphatic carbocycles. The van der Waals surface area contributed by atoms with Crippen molar-refractivity contribution in [2.75, 3.05) is 12.2 Å². The maximum atomic E-state index is 11.3. The van der Waals surface area contributed by atoms with Crippen molar-refractivity contribution >= 4 is 39.9 Å². The fourth-order valence-electron chi connectivity index (χ4n) is 2.94. The maximum absolute atomic E-state index is 11.3. The number of aromatic nitrogens is 4. The van der Waals surface area contributed by atoms with Gasteiger partial charge in [0.1, 0.15) is 5.52 Å². The fourth-order valence-corrected chi connectivity index (χ4v) is 2.94. The number of ether oxygens (including phenoxy) is 2. The Hall–Kier alpha value is -4.28. The number of fused-ring (bicyclic) bond motifs is 4. The predicted molar refractivity (Wildman–Crippen MR) is 99.6 cm³/mol. The quantitative estimate of drug-likeness (QED) is 0.314.